The molecule has 1 aliphatic rings. The van der Waals surface area contributed by atoms with E-state index in [1.807, 2.05) is 37.8 Å². The molecule has 0 spiro atoms. The molecule has 1 fully saturated rings. The molecule has 2 heterocycles. The maximum absolute atomic E-state index is 12.1. The molecule has 1 amide bonds. The summed E-state index contributed by atoms with van der Waals surface area (Å²) in [5.74, 6) is 0.703. The molecule has 0 aliphatic carbocycles. The number of rotatable bonds is 4. The van der Waals surface area contributed by atoms with Gasteiger partial charge in [0.15, 0.2) is 0 Å². The van der Waals surface area contributed by atoms with Crippen LogP contribution in [0.2, 0.25) is 0 Å². The summed E-state index contributed by atoms with van der Waals surface area (Å²) >= 11 is 0. The van der Waals surface area contributed by atoms with Crippen LogP contribution >= 0.6 is 0 Å². The number of nitrogens with zero attached hydrogens (tertiary/aromatic N) is 2. The standard InChI is InChI=1S/C22H30N2O2/c1-22(2,3)26-21(25)24-15-13-17(14-16-24)7-6-9-19-12-11-18-8-4-5-10-20(18)23-19/h4-5,8,10-12,17H,6-7,9,13-16H2,1-3H3. The van der Waals surface area contributed by atoms with Crippen molar-refractivity contribution in [3.8, 4) is 0 Å². The molecule has 1 aromatic carbocycles. The smallest absolute Gasteiger partial charge is 0.410 e. The number of pyridine rings is 1. The average Bonchev–Trinajstić information content (AvgIpc) is 2.61. The van der Waals surface area contributed by atoms with E-state index >= 15 is 0 Å². The monoisotopic (exact) mass is 354 g/mol. The minimum absolute atomic E-state index is 0.170. The van der Waals surface area contributed by atoms with E-state index in [0.717, 1.165) is 44.3 Å². The molecule has 1 aliphatic heterocycles. The molecule has 0 radical (unpaired) electrons. The Morgan fingerprint density at radius 2 is 1.88 bits per heavy atom. The molecule has 26 heavy (non-hydrogen) atoms. The highest BCUT2D eigenvalue weighted by atomic mass is 16.6. The van der Waals surface area contributed by atoms with Crippen LogP contribution in [-0.2, 0) is 11.2 Å². The Morgan fingerprint density at radius 1 is 1.15 bits per heavy atom. The van der Waals surface area contributed by atoms with Gasteiger partial charge in [-0.05, 0) is 70.9 Å². The number of carbonyl (C=O) groups excluding carboxylic acids is 1. The summed E-state index contributed by atoms with van der Waals surface area (Å²) in [5, 5.41) is 1.20. The van der Waals surface area contributed by atoms with Gasteiger partial charge >= 0.3 is 6.09 Å². The number of para-hydroxylation sites is 1. The van der Waals surface area contributed by atoms with Crippen molar-refractivity contribution in [3.05, 3.63) is 42.1 Å². The number of piperidine rings is 1. The van der Waals surface area contributed by atoms with Gasteiger partial charge in [0.05, 0.1) is 5.52 Å². The first kappa shape index (κ1) is 18.7. The third-order valence-electron chi connectivity index (χ3n) is 4.97. The molecule has 0 unspecified atom stereocenters. The SMILES string of the molecule is CC(C)(C)OC(=O)N1CCC(CCCc2ccc3ccccc3n2)CC1. The molecule has 140 valence electrons. The van der Waals surface area contributed by atoms with Gasteiger partial charge in [0.2, 0.25) is 0 Å². The summed E-state index contributed by atoms with van der Waals surface area (Å²) in [6, 6.07) is 12.6. The third kappa shape index (κ3) is 5.20. The van der Waals surface area contributed by atoms with Crippen LogP contribution in [0.25, 0.3) is 10.9 Å². The number of carbonyl (C=O) groups is 1. The number of aryl methyl sites for hydroxylation is 1. The summed E-state index contributed by atoms with van der Waals surface area (Å²) in [5.41, 5.74) is 1.84. The van der Waals surface area contributed by atoms with Gasteiger partial charge in [0.25, 0.3) is 0 Å². The lowest BCUT2D eigenvalue weighted by Crippen LogP contribution is -2.41. The molecule has 2 aromatic rings. The number of benzene rings is 1. The average molecular weight is 354 g/mol. The lowest BCUT2D eigenvalue weighted by Gasteiger charge is -2.33. The third-order valence-corrected chi connectivity index (χ3v) is 4.97. The molecule has 0 N–H and O–H groups in total. The van der Waals surface area contributed by atoms with Crippen molar-refractivity contribution >= 4 is 17.0 Å². The van der Waals surface area contributed by atoms with E-state index in [2.05, 4.69) is 24.3 Å². The Balaban J connectivity index is 1.41. The number of likely N-dealkylation sites (tertiary alicyclic amines) is 1. The van der Waals surface area contributed by atoms with Gasteiger partial charge in [0.1, 0.15) is 5.60 Å². The molecular formula is C22H30N2O2. The normalized spacial score (nSPS) is 16.0. The summed E-state index contributed by atoms with van der Waals surface area (Å²) in [7, 11) is 0. The van der Waals surface area contributed by atoms with Crippen LogP contribution in [0, 0.1) is 5.92 Å². The molecule has 1 aromatic heterocycles. The maximum Gasteiger partial charge on any atom is 0.410 e. The predicted molar refractivity (Wildman–Crippen MR) is 105 cm³/mol. The lowest BCUT2D eigenvalue weighted by molar-refractivity contribution is 0.0180. The van der Waals surface area contributed by atoms with E-state index in [9.17, 15) is 4.79 Å². The zero-order valence-corrected chi connectivity index (χ0v) is 16.2. The second-order valence-electron chi connectivity index (χ2n) is 8.30. The Bertz CT molecular complexity index is 743. The van der Waals surface area contributed by atoms with E-state index in [4.69, 9.17) is 9.72 Å². The van der Waals surface area contributed by atoms with Crippen molar-refractivity contribution in [1.29, 1.82) is 0 Å². The van der Waals surface area contributed by atoms with Crippen molar-refractivity contribution in [2.24, 2.45) is 5.92 Å². The number of fused-ring (bicyclic) bond motifs is 1. The van der Waals surface area contributed by atoms with Crippen LogP contribution in [0.15, 0.2) is 36.4 Å². The number of ether oxygens (including phenoxy) is 1. The second kappa shape index (κ2) is 8.07. The van der Waals surface area contributed by atoms with Crippen molar-refractivity contribution in [2.45, 2.75) is 58.5 Å². The zero-order chi connectivity index (χ0) is 18.6. The zero-order valence-electron chi connectivity index (χ0n) is 16.2. The maximum atomic E-state index is 12.1. The number of amides is 1. The van der Waals surface area contributed by atoms with E-state index in [0.29, 0.717) is 5.92 Å². The second-order valence-corrected chi connectivity index (χ2v) is 8.30. The largest absolute Gasteiger partial charge is 0.444 e. The first-order valence-corrected chi connectivity index (χ1v) is 9.73. The fraction of sp³-hybridized carbons (Fsp3) is 0.545. The first-order valence-electron chi connectivity index (χ1n) is 9.73. The number of hydrogen-bond acceptors (Lipinski definition) is 3. The van der Waals surface area contributed by atoms with Crippen molar-refractivity contribution < 1.29 is 9.53 Å². The Kier molecular flexibility index (Phi) is 5.80. The van der Waals surface area contributed by atoms with Crippen LogP contribution in [0.5, 0.6) is 0 Å². The van der Waals surface area contributed by atoms with Crippen LogP contribution in [-0.4, -0.2) is 34.7 Å². The van der Waals surface area contributed by atoms with Crippen LogP contribution < -0.4 is 0 Å². The topological polar surface area (TPSA) is 42.4 Å². The summed E-state index contributed by atoms with van der Waals surface area (Å²) < 4.78 is 5.47. The van der Waals surface area contributed by atoms with Gasteiger partial charge in [-0.1, -0.05) is 24.3 Å². The van der Waals surface area contributed by atoms with E-state index in [1.54, 1.807) is 0 Å². The quantitative estimate of drug-likeness (QED) is 0.757. The van der Waals surface area contributed by atoms with Gasteiger partial charge in [-0.25, -0.2) is 4.79 Å². The summed E-state index contributed by atoms with van der Waals surface area (Å²) in [6.07, 6.45) is 5.36. The fourth-order valence-corrected chi connectivity index (χ4v) is 3.55. The van der Waals surface area contributed by atoms with Gasteiger partial charge in [-0.2, -0.15) is 0 Å². The van der Waals surface area contributed by atoms with Crippen LogP contribution in [0.1, 0.15) is 52.1 Å². The van der Waals surface area contributed by atoms with Crippen molar-refractivity contribution in [1.82, 2.24) is 9.88 Å². The predicted octanol–water partition coefficient (Wildman–Crippen LogP) is 5.20. The molecule has 0 bridgehead atoms. The Morgan fingerprint density at radius 3 is 2.62 bits per heavy atom. The lowest BCUT2D eigenvalue weighted by atomic mass is 9.91. The highest BCUT2D eigenvalue weighted by Crippen LogP contribution is 2.24. The Labute approximate surface area is 156 Å². The molecule has 4 heteroatoms. The van der Waals surface area contributed by atoms with E-state index in [-0.39, 0.29) is 6.09 Å². The van der Waals surface area contributed by atoms with Crippen molar-refractivity contribution in [3.63, 3.8) is 0 Å². The molecule has 3 rings (SSSR count). The Hall–Kier alpha value is -2.10. The molecule has 1 saturated heterocycles. The van der Waals surface area contributed by atoms with Crippen LogP contribution in [0.3, 0.4) is 0 Å². The fourth-order valence-electron chi connectivity index (χ4n) is 3.55. The molecule has 4 nitrogen and oxygen atoms in total. The van der Waals surface area contributed by atoms with Crippen LogP contribution in [0.4, 0.5) is 4.79 Å². The highest BCUT2D eigenvalue weighted by Gasteiger charge is 2.26. The number of aromatic nitrogens is 1. The number of hydrogen-bond donors (Lipinski definition) is 0. The van der Waals surface area contributed by atoms with Gasteiger partial charge in [0, 0.05) is 24.2 Å². The minimum atomic E-state index is -0.416. The summed E-state index contributed by atoms with van der Waals surface area (Å²) in [6.45, 7) is 7.37. The van der Waals surface area contributed by atoms with Gasteiger partial charge in [-0.3, -0.25) is 4.98 Å². The first-order chi connectivity index (χ1) is 12.4. The molecular weight excluding hydrogens is 324 g/mol. The molecule has 0 saturated carbocycles. The summed E-state index contributed by atoms with van der Waals surface area (Å²) in [4.78, 5) is 18.7. The minimum Gasteiger partial charge on any atom is -0.444 e. The van der Waals surface area contributed by atoms with Gasteiger partial charge < -0.3 is 9.64 Å². The molecule has 0 atom stereocenters. The van der Waals surface area contributed by atoms with Crippen molar-refractivity contribution in [2.75, 3.05) is 13.1 Å². The van der Waals surface area contributed by atoms with Gasteiger partial charge in [-0.15, -0.1) is 0 Å². The highest BCUT2D eigenvalue weighted by molar-refractivity contribution is 5.78. The van der Waals surface area contributed by atoms with E-state index in [1.165, 1.54) is 17.5 Å². The van der Waals surface area contributed by atoms with E-state index < -0.39 is 5.60 Å².